The van der Waals surface area contributed by atoms with Crippen molar-refractivity contribution in [1.29, 1.82) is 0 Å². The summed E-state index contributed by atoms with van der Waals surface area (Å²) in [5, 5.41) is 3.52. The van der Waals surface area contributed by atoms with Gasteiger partial charge in [-0.25, -0.2) is 0 Å². The predicted molar refractivity (Wildman–Crippen MR) is 52.2 cm³/mol. The van der Waals surface area contributed by atoms with Crippen molar-refractivity contribution < 1.29 is 4.79 Å². The van der Waals surface area contributed by atoms with Crippen molar-refractivity contribution >= 4 is 17.5 Å². The molecule has 1 aliphatic rings. The second-order valence-corrected chi connectivity index (χ2v) is 3.78. The normalized spacial score (nSPS) is 20.8. The standard InChI is InChI=1S/C10H10ClNO/c1-6-5-12-10(13)8-3-2-7(11)4-9(6)8/h2-4,6H,5H2,1H3,(H,12,13)/t6-/m1/s1. The summed E-state index contributed by atoms with van der Waals surface area (Å²) in [6, 6.07) is 5.40. The second-order valence-electron chi connectivity index (χ2n) is 3.34. The van der Waals surface area contributed by atoms with Crippen molar-refractivity contribution in [1.82, 2.24) is 5.32 Å². The first kappa shape index (κ1) is 8.57. The number of carbonyl (C=O) groups is 1. The highest BCUT2D eigenvalue weighted by Crippen LogP contribution is 2.26. The Balaban J connectivity index is 2.57. The Morgan fingerprint density at radius 3 is 3.08 bits per heavy atom. The van der Waals surface area contributed by atoms with Crippen molar-refractivity contribution in [3.63, 3.8) is 0 Å². The van der Waals surface area contributed by atoms with E-state index >= 15 is 0 Å². The lowest BCUT2D eigenvalue weighted by atomic mass is 9.92. The fraction of sp³-hybridized carbons (Fsp3) is 0.300. The molecule has 1 aromatic carbocycles. The molecule has 0 spiro atoms. The molecule has 1 amide bonds. The van der Waals surface area contributed by atoms with Gasteiger partial charge in [0.2, 0.25) is 0 Å². The monoisotopic (exact) mass is 195 g/mol. The van der Waals surface area contributed by atoms with Crippen LogP contribution in [0.15, 0.2) is 18.2 Å². The molecule has 1 N–H and O–H groups in total. The largest absolute Gasteiger partial charge is 0.351 e. The number of amides is 1. The average molecular weight is 196 g/mol. The third-order valence-electron chi connectivity index (χ3n) is 2.36. The lowest BCUT2D eigenvalue weighted by Crippen LogP contribution is -2.33. The van der Waals surface area contributed by atoms with Gasteiger partial charge in [-0.1, -0.05) is 18.5 Å². The van der Waals surface area contributed by atoms with Crippen LogP contribution < -0.4 is 5.32 Å². The quantitative estimate of drug-likeness (QED) is 0.676. The van der Waals surface area contributed by atoms with Gasteiger partial charge in [-0.3, -0.25) is 4.79 Å². The molecule has 0 saturated carbocycles. The minimum atomic E-state index is 0.00441. The lowest BCUT2D eigenvalue weighted by Gasteiger charge is -2.22. The first-order valence-electron chi connectivity index (χ1n) is 4.26. The molecule has 2 rings (SSSR count). The van der Waals surface area contributed by atoms with Crippen LogP contribution in [-0.2, 0) is 0 Å². The van der Waals surface area contributed by atoms with Crippen LogP contribution in [0.1, 0.15) is 28.8 Å². The summed E-state index contributed by atoms with van der Waals surface area (Å²) >= 11 is 5.86. The summed E-state index contributed by atoms with van der Waals surface area (Å²) < 4.78 is 0. The number of nitrogens with one attached hydrogen (secondary N) is 1. The smallest absolute Gasteiger partial charge is 0.251 e. The van der Waals surface area contributed by atoms with Crippen molar-refractivity contribution in [2.45, 2.75) is 12.8 Å². The first-order valence-corrected chi connectivity index (χ1v) is 4.64. The molecule has 1 aromatic rings. The summed E-state index contributed by atoms with van der Waals surface area (Å²) in [5.41, 5.74) is 1.81. The molecule has 3 heteroatoms. The number of hydrogen-bond acceptors (Lipinski definition) is 1. The van der Waals surface area contributed by atoms with Crippen LogP contribution in [0.4, 0.5) is 0 Å². The SMILES string of the molecule is C[C@@H]1CNC(=O)c2ccc(Cl)cc21. The van der Waals surface area contributed by atoms with Gasteiger partial charge in [-0.05, 0) is 29.7 Å². The molecule has 0 unspecified atom stereocenters. The highest BCUT2D eigenvalue weighted by molar-refractivity contribution is 6.30. The van der Waals surface area contributed by atoms with E-state index in [1.165, 1.54) is 0 Å². The van der Waals surface area contributed by atoms with Gasteiger partial charge < -0.3 is 5.32 Å². The third-order valence-corrected chi connectivity index (χ3v) is 2.59. The number of fused-ring (bicyclic) bond motifs is 1. The Hall–Kier alpha value is -1.02. The number of hydrogen-bond donors (Lipinski definition) is 1. The summed E-state index contributed by atoms with van der Waals surface area (Å²) in [4.78, 5) is 11.4. The van der Waals surface area contributed by atoms with Gasteiger partial charge in [0, 0.05) is 17.1 Å². The molecule has 0 fully saturated rings. The summed E-state index contributed by atoms with van der Waals surface area (Å²) in [7, 11) is 0. The molecule has 1 atom stereocenters. The highest BCUT2D eigenvalue weighted by atomic mass is 35.5. The zero-order valence-electron chi connectivity index (χ0n) is 7.30. The summed E-state index contributed by atoms with van der Waals surface area (Å²) in [5.74, 6) is 0.358. The van der Waals surface area contributed by atoms with Crippen molar-refractivity contribution in [2.75, 3.05) is 6.54 Å². The Morgan fingerprint density at radius 1 is 1.54 bits per heavy atom. The number of benzene rings is 1. The van der Waals surface area contributed by atoms with E-state index in [1.54, 1.807) is 12.1 Å². The minimum Gasteiger partial charge on any atom is -0.351 e. The van der Waals surface area contributed by atoms with Gasteiger partial charge in [-0.2, -0.15) is 0 Å². The van der Waals surface area contributed by atoms with Gasteiger partial charge in [0.1, 0.15) is 0 Å². The van der Waals surface area contributed by atoms with Gasteiger partial charge in [-0.15, -0.1) is 0 Å². The molecule has 1 heterocycles. The van der Waals surface area contributed by atoms with E-state index in [0.717, 1.165) is 11.1 Å². The first-order chi connectivity index (χ1) is 6.18. The summed E-state index contributed by atoms with van der Waals surface area (Å²) in [6.07, 6.45) is 0. The second kappa shape index (κ2) is 3.04. The van der Waals surface area contributed by atoms with Gasteiger partial charge in [0.05, 0.1) is 0 Å². The lowest BCUT2D eigenvalue weighted by molar-refractivity contribution is 0.0941. The van der Waals surface area contributed by atoms with Crippen molar-refractivity contribution in [2.24, 2.45) is 0 Å². The Kier molecular flexibility index (Phi) is 2.00. The maximum atomic E-state index is 11.4. The van der Waals surface area contributed by atoms with E-state index < -0.39 is 0 Å². The van der Waals surface area contributed by atoms with Crippen LogP contribution in [-0.4, -0.2) is 12.5 Å². The Labute approximate surface area is 81.9 Å². The van der Waals surface area contributed by atoms with E-state index in [0.29, 0.717) is 17.5 Å². The van der Waals surface area contributed by atoms with E-state index in [1.807, 2.05) is 6.07 Å². The van der Waals surface area contributed by atoms with E-state index in [4.69, 9.17) is 11.6 Å². The summed E-state index contributed by atoms with van der Waals surface area (Å²) in [6.45, 7) is 2.78. The van der Waals surface area contributed by atoms with Crippen LogP contribution in [0.2, 0.25) is 5.02 Å². The van der Waals surface area contributed by atoms with Crippen LogP contribution in [0.3, 0.4) is 0 Å². The topological polar surface area (TPSA) is 29.1 Å². The maximum Gasteiger partial charge on any atom is 0.251 e. The molecule has 0 aliphatic carbocycles. The fourth-order valence-electron chi connectivity index (χ4n) is 1.60. The molecule has 0 saturated heterocycles. The maximum absolute atomic E-state index is 11.4. The fourth-order valence-corrected chi connectivity index (χ4v) is 1.78. The van der Waals surface area contributed by atoms with E-state index in [-0.39, 0.29) is 5.91 Å². The molecule has 0 aromatic heterocycles. The molecular formula is C10H10ClNO. The van der Waals surface area contributed by atoms with Gasteiger partial charge >= 0.3 is 0 Å². The van der Waals surface area contributed by atoms with Crippen LogP contribution >= 0.6 is 11.6 Å². The van der Waals surface area contributed by atoms with E-state index in [2.05, 4.69) is 12.2 Å². The zero-order chi connectivity index (χ0) is 9.42. The molecule has 13 heavy (non-hydrogen) atoms. The van der Waals surface area contributed by atoms with Crippen molar-refractivity contribution in [3.05, 3.63) is 34.3 Å². The predicted octanol–water partition coefficient (Wildman–Crippen LogP) is 2.19. The average Bonchev–Trinajstić information content (AvgIpc) is 2.12. The molecule has 0 radical (unpaired) electrons. The molecule has 1 aliphatic heterocycles. The minimum absolute atomic E-state index is 0.00441. The van der Waals surface area contributed by atoms with E-state index in [9.17, 15) is 4.79 Å². The van der Waals surface area contributed by atoms with Crippen LogP contribution in [0.5, 0.6) is 0 Å². The number of rotatable bonds is 0. The van der Waals surface area contributed by atoms with Gasteiger partial charge in [0.25, 0.3) is 5.91 Å². The third kappa shape index (κ3) is 1.42. The zero-order valence-corrected chi connectivity index (χ0v) is 8.06. The van der Waals surface area contributed by atoms with Crippen LogP contribution in [0, 0.1) is 0 Å². The molecule has 68 valence electrons. The number of halogens is 1. The highest BCUT2D eigenvalue weighted by Gasteiger charge is 2.21. The Morgan fingerprint density at radius 2 is 2.31 bits per heavy atom. The Bertz CT molecular complexity index is 362. The number of carbonyl (C=O) groups excluding carboxylic acids is 1. The molecule has 0 bridgehead atoms. The molecule has 2 nitrogen and oxygen atoms in total. The van der Waals surface area contributed by atoms with Crippen LogP contribution in [0.25, 0.3) is 0 Å². The molecular weight excluding hydrogens is 186 g/mol. The van der Waals surface area contributed by atoms with Crippen molar-refractivity contribution in [3.8, 4) is 0 Å². The van der Waals surface area contributed by atoms with Gasteiger partial charge in [0.15, 0.2) is 0 Å².